The molecule has 0 unspecified atom stereocenters. The van der Waals surface area contributed by atoms with E-state index in [1.807, 2.05) is 31.5 Å². The van der Waals surface area contributed by atoms with Crippen LogP contribution in [0.5, 0.6) is 0 Å². The first-order valence-corrected chi connectivity index (χ1v) is 8.04. The van der Waals surface area contributed by atoms with Crippen molar-refractivity contribution in [2.45, 2.75) is 13.3 Å². The van der Waals surface area contributed by atoms with Gasteiger partial charge in [-0.3, -0.25) is 4.98 Å². The lowest BCUT2D eigenvalue weighted by molar-refractivity contribution is 0.796. The van der Waals surface area contributed by atoms with Crippen LogP contribution in [0.2, 0.25) is 5.02 Å². The van der Waals surface area contributed by atoms with Crippen LogP contribution in [0.15, 0.2) is 30.6 Å². The molecular formula is C17H18ClN5. The maximum absolute atomic E-state index is 9.08. The van der Waals surface area contributed by atoms with Crippen molar-refractivity contribution in [3.05, 3.63) is 46.9 Å². The summed E-state index contributed by atoms with van der Waals surface area (Å²) in [5, 5.41) is 9.62. The topological polar surface area (TPSA) is 56.1 Å². The second-order valence-electron chi connectivity index (χ2n) is 5.57. The molecule has 2 aromatic rings. The number of aromatic nitrogens is 2. The van der Waals surface area contributed by atoms with Crippen LogP contribution in [0.1, 0.15) is 17.7 Å². The Hall–Kier alpha value is -2.32. The molecule has 0 atom stereocenters. The Labute approximate surface area is 141 Å². The molecule has 2 aromatic heterocycles. The van der Waals surface area contributed by atoms with Crippen molar-refractivity contribution < 1.29 is 0 Å². The lowest BCUT2D eigenvalue weighted by Crippen LogP contribution is -2.31. The van der Waals surface area contributed by atoms with E-state index in [0.29, 0.717) is 10.6 Å². The number of nitriles is 1. The average Bonchev–Trinajstić information content (AvgIpc) is 2.83. The van der Waals surface area contributed by atoms with E-state index in [0.717, 1.165) is 44.1 Å². The van der Waals surface area contributed by atoms with Gasteiger partial charge in [0.05, 0.1) is 16.3 Å². The highest BCUT2D eigenvalue weighted by atomic mass is 35.5. The van der Waals surface area contributed by atoms with Gasteiger partial charge in [-0.25, -0.2) is 4.98 Å². The Morgan fingerprint density at radius 2 is 1.83 bits per heavy atom. The molecule has 5 nitrogen and oxygen atoms in total. The van der Waals surface area contributed by atoms with Crippen LogP contribution < -0.4 is 9.80 Å². The maximum atomic E-state index is 9.08. The average molecular weight is 328 g/mol. The Balaban J connectivity index is 1.79. The van der Waals surface area contributed by atoms with Crippen molar-refractivity contribution in [1.82, 2.24) is 9.97 Å². The van der Waals surface area contributed by atoms with Gasteiger partial charge in [0.2, 0.25) is 0 Å². The van der Waals surface area contributed by atoms with Gasteiger partial charge in [-0.1, -0.05) is 11.6 Å². The summed E-state index contributed by atoms with van der Waals surface area (Å²) in [5.41, 5.74) is 2.45. The Morgan fingerprint density at radius 3 is 2.57 bits per heavy atom. The molecule has 1 fully saturated rings. The number of nitrogens with zero attached hydrogens (tertiary/aromatic N) is 5. The van der Waals surface area contributed by atoms with Crippen molar-refractivity contribution >= 4 is 23.1 Å². The van der Waals surface area contributed by atoms with Gasteiger partial charge in [0.15, 0.2) is 0 Å². The van der Waals surface area contributed by atoms with Crippen molar-refractivity contribution in [3.63, 3.8) is 0 Å². The standard InChI is InChI=1S/C17H18ClN5/c1-13-14(12-19)11-16(18)17(21-13)23-8-2-7-22(9-10-23)15-3-5-20-6-4-15/h3-6,11H,2,7-10H2,1H3. The number of hydrogen-bond acceptors (Lipinski definition) is 5. The quantitative estimate of drug-likeness (QED) is 0.848. The van der Waals surface area contributed by atoms with Gasteiger partial charge < -0.3 is 9.80 Å². The minimum Gasteiger partial charge on any atom is -0.370 e. The van der Waals surface area contributed by atoms with Crippen molar-refractivity contribution in [2.75, 3.05) is 36.0 Å². The number of aryl methyl sites for hydroxylation is 1. The first-order valence-electron chi connectivity index (χ1n) is 7.66. The van der Waals surface area contributed by atoms with E-state index < -0.39 is 0 Å². The molecule has 0 aromatic carbocycles. The van der Waals surface area contributed by atoms with Crippen LogP contribution in [-0.2, 0) is 0 Å². The van der Waals surface area contributed by atoms with Crippen LogP contribution in [-0.4, -0.2) is 36.1 Å². The van der Waals surface area contributed by atoms with Gasteiger partial charge in [-0.15, -0.1) is 0 Å². The van der Waals surface area contributed by atoms with Gasteiger partial charge in [-0.2, -0.15) is 5.26 Å². The minimum absolute atomic E-state index is 0.534. The Bertz CT molecular complexity index is 726. The van der Waals surface area contributed by atoms with E-state index in [1.54, 1.807) is 6.07 Å². The molecule has 0 spiro atoms. The number of pyridine rings is 2. The molecular weight excluding hydrogens is 310 g/mol. The molecule has 1 aliphatic heterocycles. The van der Waals surface area contributed by atoms with Crippen LogP contribution >= 0.6 is 11.6 Å². The molecule has 1 saturated heterocycles. The van der Waals surface area contributed by atoms with E-state index in [-0.39, 0.29) is 0 Å². The van der Waals surface area contributed by atoms with Gasteiger partial charge >= 0.3 is 0 Å². The van der Waals surface area contributed by atoms with Gasteiger partial charge in [0.1, 0.15) is 11.9 Å². The summed E-state index contributed by atoms with van der Waals surface area (Å²) in [5.74, 6) is 0.778. The smallest absolute Gasteiger partial charge is 0.147 e. The van der Waals surface area contributed by atoms with E-state index in [2.05, 4.69) is 25.8 Å². The molecule has 3 heterocycles. The largest absolute Gasteiger partial charge is 0.370 e. The molecule has 3 rings (SSSR count). The zero-order valence-electron chi connectivity index (χ0n) is 13.0. The maximum Gasteiger partial charge on any atom is 0.147 e. The van der Waals surface area contributed by atoms with Crippen LogP contribution in [0, 0.1) is 18.3 Å². The van der Waals surface area contributed by atoms with Crippen molar-refractivity contribution in [2.24, 2.45) is 0 Å². The van der Waals surface area contributed by atoms with Crippen LogP contribution in [0.25, 0.3) is 0 Å². The summed E-state index contributed by atoms with van der Waals surface area (Å²) < 4.78 is 0. The molecule has 0 aliphatic carbocycles. The number of halogens is 1. The molecule has 0 amide bonds. The predicted octanol–water partition coefficient (Wildman–Crippen LogP) is 3.03. The minimum atomic E-state index is 0.534. The summed E-state index contributed by atoms with van der Waals surface area (Å²) in [6, 6.07) is 7.91. The SMILES string of the molecule is Cc1nc(N2CCCN(c3ccncc3)CC2)c(Cl)cc1C#N. The predicted molar refractivity (Wildman–Crippen MR) is 92.0 cm³/mol. The van der Waals surface area contributed by atoms with E-state index in [4.69, 9.17) is 16.9 Å². The highest BCUT2D eigenvalue weighted by molar-refractivity contribution is 6.33. The molecule has 6 heteroatoms. The molecule has 0 N–H and O–H groups in total. The second kappa shape index (κ2) is 6.84. The van der Waals surface area contributed by atoms with E-state index in [9.17, 15) is 0 Å². The Morgan fingerprint density at radius 1 is 1.13 bits per heavy atom. The fourth-order valence-corrected chi connectivity index (χ4v) is 3.12. The third-order valence-electron chi connectivity index (χ3n) is 4.09. The molecule has 0 bridgehead atoms. The van der Waals surface area contributed by atoms with Gasteiger partial charge in [0, 0.05) is 44.3 Å². The molecule has 1 aliphatic rings. The lowest BCUT2D eigenvalue weighted by Gasteiger charge is -2.25. The highest BCUT2D eigenvalue weighted by Gasteiger charge is 2.19. The monoisotopic (exact) mass is 327 g/mol. The third-order valence-corrected chi connectivity index (χ3v) is 4.37. The van der Waals surface area contributed by atoms with Gasteiger partial charge in [0.25, 0.3) is 0 Å². The molecule has 0 saturated carbocycles. The zero-order chi connectivity index (χ0) is 16.2. The summed E-state index contributed by atoms with van der Waals surface area (Å²) in [7, 11) is 0. The second-order valence-corrected chi connectivity index (χ2v) is 5.98. The van der Waals surface area contributed by atoms with Gasteiger partial charge in [-0.05, 0) is 31.5 Å². The van der Waals surface area contributed by atoms with E-state index >= 15 is 0 Å². The highest BCUT2D eigenvalue weighted by Crippen LogP contribution is 2.27. The number of hydrogen-bond donors (Lipinski definition) is 0. The first kappa shape index (κ1) is 15.6. The first-order chi connectivity index (χ1) is 11.2. The normalized spacial score (nSPS) is 15.2. The molecule has 0 radical (unpaired) electrons. The summed E-state index contributed by atoms with van der Waals surface area (Å²) >= 11 is 6.34. The van der Waals surface area contributed by atoms with Crippen LogP contribution in [0.3, 0.4) is 0 Å². The van der Waals surface area contributed by atoms with Crippen molar-refractivity contribution in [3.8, 4) is 6.07 Å². The number of rotatable bonds is 2. The molecule has 118 valence electrons. The number of anilines is 2. The Kier molecular flexibility index (Phi) is 4.63. The van der Waals surface area contributed by atoms with Crippen LogP contribution in [0.4, 0.5) is 11.5 Å². The molecule has 23 heavy (non-hydrogen) atoms. The fraction of sp³-hybridized carbons (Fsp3) is 0.353. The summed E-state index contributed by atoms with van der Waals surface area (Å²) in [6.07, 6.45) is 4.67. The summed E-state index contributed by atoms with van der Waals surface area (Å²) in [4.78, 5) is 13.2. The van der Waals surface area contributed by atoms with Crippen molar-refractivity contribution in [1.29, 1.82) is 5.26 Å². The summed E-state index contributed by atoms with van der Waals surface area (Å²) in [6.45, 7) is 5.49. The van der Waals surface area contributed by atoms with E-state index in [1.165, 1.54) is 5.69 Å². The lowest BCUT2D eigenvalue weighted by atomic mass is 10.2. The fourth-order valence-electron chi connectivity index (χ4n) is 2.85. The zero-order valence-corrected chi connectivity index (χ0v) is 13.8. The third kappa shape index (κ3) is 3.38.